The fraction of sp³-hybridized carbons (Fsp3) is 0.438. The zero-order valence-electron chi connectivity index (χ0n) is 12.8. The van der Waals surface area contributed by atoms with Gasteiger partial charge in [-0.2, -0.15) is 9.61 Å². The molecule has 116 valence electrons. The van der Waals surface area contributed by atoms with Crippen molar-refractivity contribution >= 4 is 27.9 Å². The summed E-state index contributed by atoms with van der Waals surface area (Å²) in [5.41, 5.74) is 0.983. The van der Waals surface area contributed by atoms with E-state index in [1.807, 2.05) is 28.8 Å². The third-order valence-electron chi connectivity index (χ3n) is 3.73. The topological polar surface area (TPSA) is 43.1 Å². The van der Waals surface area contributed by atoms with E-state index in [-0.39, 0.29) is 0 Å². The summed E-state index contributed by atoms with van der Waals surface area (Å²) >= 11 is 7.61. The largest absolute Gasteiger partial charge is 0.234 e. The van der Waals surface area contributed by atoms with Crippen LogP contribution in [0.1, 0.15) is 50.5 Å². The summed E-state index contributed by atoms with van der Waals surface area (Å²) in [6, 6.07) is 7.63. The van der Waals surface area contributed by atoms with E-state index in [2.05, 4.69) is 24.0 Å². The molecule has 0 saturated carbocycles. The number of aromatic nitrogens is 4. The lowest BCUT2D eigenvalue weighted by atomic mass is 9.99. The first-order valence-electron chi connectivity index (χ1n) is 7.71. The van der Waals surface area contributed by atoms with Crippen LogP contribution in [0.25, 0.3) is 16.3 Å². The van der Waals surface area contributed by atoms with E-state index >= 15 is 0 Å². The van der Waals surface area contributed by atoms with Crippen LogP contribution in [0.2, 0.25) is 5.02 Å². The molecule has 0 aliphatic rings. The fourth-order valence-corrected chi connectivity index (χ4v) is 3.80. The molecule has 0 saturated heterocycles. The molecular weight excluding hydrogens is 316 g/mol. The summed E-state index contributed by atoms with van der Waals surface area (Å²) in [4.78, 5) is 0.858. The molecule has 1 aromatic carbocycles. The zero-order chi connectivity index (χ0) is 15.5. The second-order valence-electron chi connectivity index (χ2n) is 5.44. The van der Waals surface area contributed by atoms with Crippen LogP contribution >= 0.6 is 22.9 Å². The van der Waals surface area contributed by atoms with Crippen molar-refractivity contribution < 1.29 is 0 Å². The van der Waals surface area contributed by atoms with E-state index in [1.54, 1.807) is 11.3 Å². The number of rotatable bonds is 6. The Labute approximate surface area is 139 Å². The summed E-state index contributed by atoms with van der Waals surface area (Å²) < 4.78 is 1.86. The number of halogens is 1. The second kappa shape index (κ2) is 6.75. The van der Waals surface area contributed by atoms with Gasteiger partial charge in [-0.3, -0.25) is 0 Å². The van der Waals surface area contributed by atoms with Crippen molar-refractivity contribution in [3.8, 4) is 11.4 Å². The minimum absolute atomic E-state index is 0.528. The van der Waals surface area contributed by atoms with E-state index in [9.17, 15) is 0 Å². The molecule has 3 aromatic rings. The van der Waals surface area contributed by atoms with Gasteiger partial charge < -0.3 is 0 Å². The van der Waals surface area contributed by atoms with Crippen LogP contribution < -0.4 is 0 Å². The van der Waals surface area contributed by atoms with Crippen molar-refractivity contribution in [1.29, 1.82) is 0 Å². The van der Waals surface area contributed by atoms with Gasteiger partial charge in [0, 0.05) is 16.5 Å². The van der Waals surface area contributed by atoms with Gasteiger partial charge in [-0.05, 0) is 37.1 Å². The zero-order valence-corrected chi connectivity index (χ0v) is 14.4. The highest BCUT2D eigenvalue weighted by Crippen LogP contribution is 2.31. The van der Waals surface area contributed by atoms with Crippen molar-refractivity contribution in [3.05, 3.63) is 34.3 Å². The third-order valence-corrected chi connectivity index (χ3v) is 5.05. The van der Waals surface area contributed by atoms with Crippen molar-refractivity contribution in [2.45, 2.75) is 45.4 Å². The summed E-state index contributed by atoms with van der Waals surface area (Å²) in [5, 5.41) is 15.2. The SMILES string of the molecule is CCCC(CCC)c1nn2c(-c3ccc(Cl)cc3)nnc2s1. The van der Waals surface area contributed by atoms with Crippen molar-refractivity contribution in [1.82, 2.24) is 19.8 Å². The predicted molar refractivity (Wildman–Crippen MR) is 91.7 cm³/mol. The molecule has 0 spiro atoms. The van der Waals surface area contributed by atoms with Crippen LogP contribution in [0.3, 0.4) is 0 Å². The standard InChI is InChI=1S/C16H19ClN4S/c1-3-5-12(6-4-2)15-20-21-14(18-19-16(21)22-15)11-7-9-13(17)10-8-11/h7-10,12H,3-6H2,1-2H3. The van der Waals surface area contributed by atoms with Crippen molar-refractivity contribution in [2.75, 3.05) is 0 Å². The molecule has 0 aliphatic carbocycles. The number of benzene rings is 1. The normalized spacial score (nSPS) is 11.6. The van der Waals surface area contributed by atoms with Gasteiger partial charge in [0.05, 0.1) is 0 Å². The van der Waals surface area contributed by atoms with Gasteiger partial charge in [-0.15, -0.1) is 10.2 Å². The quantitative estimate of drug-likeness (QED) is 0.623. The van der Waals surface area contributed by atoms with E-state index < -0.39 is 0 Å². The molecular formula is C16H19ClN4S. The van der Waals surface area contributed by atoms with E-state index in [1.165, 1.54) is 30.7 Å². The summed E-state index contributed by atoms with van der Waals surface area (Å²) in [6.07, 6.45) is 4.70. The Hall–Kier alpha value is -1.46. The van der Waals surface area contributed by atoms with Crippen LogP contribution in [-0.2, 0) is 0 Å². The number of hydrogen-bond acceptors (Lipinski definition) is 4. The Kier molecular flexibility index (Phi) is 4.74. The first-order valence-corrected chi connectivity index (χ1v) is 8.90. The number of hydrogen-bond donors (Lipinski definition) is 0. The van der Waals surface area contributed by atoms with Gasteiger partial charge in [0.25, 0.3) is 0 Å². The molecule has 2 aromatic heterocycles. The van der Waals surface area contributed by atoms with Gasteiger partial charge in [0.2, 0.25) is 4.96 Å². The molecule has 0 atom stereocenters. The number of fused-ring (bicyclic) bond motifs is 1. The van der Waals surface area contributed by atoms with Crippen molar-refractivity contribution in [2.24, 2.45) is 0 Å². The lowest BCUT2D eigenvalue weighted by Crippen LogP contribution is -2.00. The smallest absolute Gasteiger partial charge is 0.183 e. The molecule has 22 heavy (non-hydrogen) atoms. The molecule has 2 heterocycles. The Morgan fingerprint density at radius 2 is 1.77 bits per heavy atom. The molecule has 3 rings (SSSR count). The highest BCUT2D eigenvalue weighted by atomic mass is 35.5. The van der Waals surface area contributed by atoms with Gasteiger partial charge in [-0.1, -0.05) is 49.6 Å². The lowest BCUT2D eigenvalue weighted by molar-refractivity contribution is 0.552. The molecule has 0 radical (unpaired) electrons. The van der Waals surface area contributed by atoms with Gasteiger partial charge in [0.1, 0.15) is 5.01 Å². The van der Waals surface area contributed by atoms with Gasteiger partial charge in [-0.25, -0.2) is 0 Å². The molecule has 0 amide bonds. The maximum absolute atomic E-state index is 5.95. The Bertz CT molecular complexity index is 741. The van der Waals surface area contributed by atoms with Crippen LogP contribution in [-0.4, -0.2) is 19.8 Å². The Morgan fingerprint density at radius 3 is 2.41 bits per heavy atom. The summed E-state index contributed by atoms with van der Waals surface area (Å²) in [6.45, 7) is 4.45. The monoisotopic (exact) mass is 334 g/mol. The minimum atomic E-state index is 0.528. The minimum Gasteiger partial charge on any atom is -0.183 e. The van der Waals surface area contributed by atoms with Crippen LogP contribution in [0, 0.1) is 0 Å². The highest BCUT2D eigenvalue weighted by Gasteiger charge is 2.19. The van der Waals surface area contributed by atoms with Crippen LogP contribution in [0.4, 0.5) is 0 Å². The summed E-state index contributed by atoms with van der Waals surface area (Å²) in [5.74, 6) is 1.31. The fourth-order valence-electron chi connectivity index (χ4n) is 2.66. The van der Waals surface area contributed by atoms with Crippen LogP contribution in [0.15, 0.2) is 24.3 Å². The molecule has 0 aliphatic heterocycles. The molecule has 0 fully saturated rings. The Balaban J connectivity index is 1.98. The van der Waals surface area contributed by atoms with Crippen molar-refractivity contribution in [3.63, 3.8) is 0 Å². The Morgan fingerprint density at radius 1 is 1.09 bits per heavy atom. The maximum atomic E-state index is 5.95. The average molecular weight is 335 g/mol. The number of nitrogens with zero attached hydrogens (tertiary/aromatic N) is 4. The molecule has 0 bridgehead atoms. The second-order valence-corrected chi connectivity index (χ2v) is 6.86. The van der Waals surface area contributed by atoms with Gasteiger partial charge >= 0.3 is 0 Å². The van der Waals surface area contributed by atoms with E-state index in [0.29, 0.717) is 5.92 Å². The molecule has 0 unspecified atom stereocenters. The molecule has 0 N–H and O–H groups in total. The predicted octanol–water partition coefficient (Wildman–Crippen LogP) is 5.19. The molecule has 4 nitrogen and oxygen atoms in total. The first-order chi connectivity index (χ1) is 10.7. The lowest BCUT2D eigenvalue weighted by Gasteiger charge is -2.10. The maximum Gasteiger partial charge on any atom is 0.234 e. The average Bonchev–Trinajstić information content (AvgIpc) is 3.08. The third kappa shape index (κ3) is 3.01. The van der Waals surface area contributed by atoms with E-state index in [0.717, 1.165) is 21.4 Å². The summed E-state index contributed by atoms with van der Waals surface area (Å²) in [7, 11) is 0. The first kappa shape index (κ1) is 15.4. The highest BCUT2D eigenvalue weighted by molar-refractivity contribution is 7.16. The van der Waals surface area contributed by atoms with E-state index in [4.69, 9.17) is 16.7 Å². The van der Waals surface area contributed by atoms with Crippen LogP contribution in [0.5, 0.6) is 0 Å². The van der Waals surface area contributed by atoms with Gasteiger partial charge in [0.15, 0.2) is 5.82 Å². The molecule has 6 heteroatoms.